The summed E-state index contributed by atoms with van der Waals surface area (Å²) in [5, 5.41) is 0. The van der Waals surface area contributed by atoms with Crippen LogP contribution in [0.5, 0.6) is 11.5 Å². The number of nitrogens with zero attached hydrogens (tertiary/aromatic N) is 1. The quantitative estimate of drug-likeness (QED) is 0.872. The Kier molecular flexibility index (Phi) is 4.69. The fourth-order valence-corrected chi connectivity index (χ4v) is 3.02. The van der Waals surface area contributed by atoms with Crippen molar-refractivity contribution in [2.45, 2.75) is 4.90 Å². The second-order valence-electron chi connectivity index (χ2n) is 3.98. The topological polar surface area (TPSA) is 77.5 Å². The number of nitrogens with one attached hydrogen (secondary N) is 1. The van der Waals surface area contributed by atoms with Gasteiger partial charge in [0.05, 0.1) is 14.2 Å². The third kappa shape index (κ3) is 3.64. The molecule has 112 valence electrons. The van der Waals surface area contributed by atoms with Crippen molar-refractivity contribution in [1.82, 2.24) is 4.98 Å². The molecule has 6 nitrogen and oxygen atoms in total. The van der Waals surface area contributed by atoms with Gasteiger partial charge in [-0.05, 0) is 40.2 Å². The van der Waals surface area contributed by atoms with E-state index in [4.69, 9.17) is 9.47 Å². The van der Waals surface area contributed by atoms with Gasteiger partial charge in [-0.1, -0.05) is 0 Å². The van der Waals surface area contributed by atoms with Gasteiger partial charge in [-0.3, -0.25) is 4.72 Å². The molecule has 0 atom stereocenters. The van der Waals surface area contributed by atoms with Crippen molar-refractivity contribution in [1.29, 1.82) is 0 Å². The molecule has 0 aliphatic carbocycles. The number of benzene rings is 1. The minimum Gasteiger partial charge on any atom is -0.497 e. The zero-order chi connectivity index (χ0) is 15.5. The molecule has 0 saturated carbocycles. The Morgan fingerprint density at radius 2 is 1.90 bits per heavy atom. The molecular formula is C13H13BrN2O4S. The van der Waals surface area contributed by atoms with Crippen LogP contribution in [0.4, 0.5) is 5.82 Å². The molecule has 1 aromatic carbocycles. The number of sulfonamides is 1. The van der Waals surface area contributed by atoms with Gasteiger partial charge in [0.1, 0.15) is 22.2 Å². The van der Waals surface area contributed by atoms with Crippen molar-refractivity contribution in [2.24, 2.45) is 0 Å². The molecule has 1 N–H and O–H groups in total. The number of pyridine rings is 1. The number of halogens is 1. The Bertz CT molecular complexity index is 732. The Labute approximate surface area is 131 Å². The highest BCUT2D eigenvalue weighted by atomic mass is 79.9. The van der Waals surface area contributed by atoms with Crippen LogP contribution in [0.3, 0.4) is 0 Å². The molecule has 0 bridgehead atoms. The summed E-state index contributed by atoms with van der Waals surface area (Å²) in [4.78, 5) is 3.99. The van der Waals surface area contributed by atoms with Crippen LogP contribution in [0.15, 0.2) is 45.9 Å². The van der Waals surface area contributed by atoms with Crippen molar-refractivity contribution in [3.05, 3.63) is 41.0 Å². The first-order valence-electron chi connectivity index (χ1n) is 5.82. The normalized spacial score (nSPS) is 11.0. The van der Waals surface area contributed by atoms with Gasteiger partial charge < -0.3 is 9.47 Å². The molecule has 0 unspecified atom stereocenters. The summed E-state index contributed by atoms with van der Waals surface area (Å²) in [5.41, 5.74) is 0. The molecule has 0 aliphatic rings. The lowest BCUT2D eigenvalue weighted by Crippen LogP contribution is -2.15. The van der Waals surface area contributed by atoms with Crippen LogP contribution >= 0.6 is 15.9 Å². The number of anilines is 1. The zero-order valence-corrected chi connectivity index (χ0v) is 13.7. The van der Waals surface area contributed by atoms with Crippen molar-refractivity contribution in [2.75, 3.05) is 18.9 Å². The minimum absolute atomic E-state index is 0.00974. The first kappa shape index (κ1) is 15.6. The first-order chi connectivity index (χ1) is 9.96. The molecule has 1 heterocycles. The van der Waals surface area contributed by atoms with E-state index in [1.165, 1.54) is 32.5 Å². The van der Waals surface area contributed by atoms with Gasteiger partial charge >= 0.3 is 0 Å². The highest BCUT2D eigenvalue weighted by molar-refractivity contribution is 9.10. The number of hydrogen-bond acceptors (Lipinski definition) is 5. The van der Waals surface area contributed by atoms with Gasteiger partial charge in [-0.2, -0.15) is 0 Å². The fourth-order valence-electron chi connectivity index (χ4n) is 1.63. The molecule has 1 aromatic heterocycles. The summed E-state index contributed by atoms with van der Waals surface area (Å²) in [6, 6.07) is 7.71. The van der Waals surface area contributed by atoms with Crippen molar-refractivity contribution >= 4 is 31.8 Å². The Hall–Kier alpha value is -1.80. The second-order valence-corrected chi connectivity index (χ2v) is 6.55. The summed E-state index contributed by atoms with van der Waals surface area (Å²) in [6.45, 7) is 0. The van der Waals surface area contributed by atoms with Crippen LogP contribution in [-0.4, -0.2) is 27.6 Å². The zero-order valence-electron chi connectivity index (χ0n) is 11.3. The average Bonchev–Trinajstić information content (AvgIpc) is 2.48. The highest BCUT2D eigenvalue weighted by Crippen LogP contribution is 2.29. The van der Waals surface area contributed by atoms with E-state index in [1.54, 1.807) is 18.2 Å². The maximum absolute atomic E-state index is 12.4. The van der Waals surface area contributed by atoms with Gasteiger partial charge in [-0.25, -0.2) is 13.4 Å². The third-order valence-corrected chi connectivity index (χ3v) is 4.49. The van der Waals surface area contributed by atoms with Crippen molar-refractivity contribution in [3.8, 4) is 11.5 Å². The van der Waals surface area contributed by atoms with Gasteiger partial charge in [0.15, 0.2) is 0 Å². The lowest BCUT2D eigenvalue weighted by atomic mass is 10.3. The van der Waals surface area contributed by atoms with Gasteiger partial charge in [0.2, 0.25) is 0 Å². The Morgan fingerprint density at radius 1 is 1.14 bits per heavy atom. The average molecular weight is 373 g/mol. The largest absolute Gasteiger partial charge is 0.497 e. The molecule has 8 heteroatoms. The molecule has 2 rings (SSSR count). The number of aromatic nitrogens is 1. The number of hydrogen-bond donors (Lipinski definition) is 1. The second kappa shape index (κ2) is 6.31. The standard InChI is InChI=1S/C13H13BrN2O4S/c1-19-10-4-5-12(11(7-10)20-2)21(17,18)16-13-6-3-9(14)8-15-13/h3-8H,1-2H3,(H,15,16). The minimum atomic E-state index is -3.80. The summed E-state index contributed by atoms with van der Waals surface area (Å²) in [7, 11) is -0.915. The molecular weight excluding hydrogens is 360 g/mol. The van der Waals surface area contributed by atoms with Crippen molar-refractivity contribution < 1.29 is 17.9 Å². The maximum Gasteiger partial charge on any atom is 0.266 e. The van der Waals surface area contributed by atoms with Gasteiger partial charge in [0.25, 0.3) is 10.0 Å². The Morgan fingerprint density at radius 3 is 2.48 bits per heavy atom. The SMILES string of the molecule is COc1ccc(S(=O)(=O)Nc2ccc(Br)cn2)c(OC)c1. The number of ether oxygens (including phenoxy) is 2. The first-order valence-corrected chi connectivity index (χ1v) is 8.10. The highest BCUT2D eigenvalue weighted by Gasteiger charge is 2.20. The molecule has 0 aliphatic heterocycles. The Balaban J connectivity index is 2.37. The molecule has 0 radical (unpaired) electrons. The van der Waals surface area contributed by atoms with Crippen LogP contribution in [0, 0.1) is 0 Å². The summed E-state index contributed by atoms with van der Waals surface area (Å²) in [5.74, 6) is 0.919. The van der Waals surface area contributed by atoms with E-state index >= 15 is 0 Å². The number of rotatable bonds is 5. The van der Waals surface area contributed by atoms with Crippen LogP contribution in [0.25, 0.3) is 0 Å². The molecule has 0 spiro atoms. The van der Waals surface area contributed by atoms with Crippen molar-refractivity contribution in [3.63, 3.8) is 0 Å². The maximum atomic E-state index is 12.4. The molecule has 0 saturated heterocycles. The molecule has 21 heavy (non-hydrogen) atoms. The van der Waals surface area contributed by atoms with Gasteiger partial charge in [-0.15, -0.1) is 0 Å². The summed E-state index contributed by atoms with van der Waals surface area (Å²) in [6.07, 6.45) is 1.50. The van der Waals surface area contributed by atoms with E-state index in [2.05, 4.69) is 25.6 Å². The monoisotopic (exact) mass is 372 g/mol. The van der Waals surface area contributed by atoms with Gasteiger partial charge in [0, 0.05) is 16.7 Å². The van der Waals surface area contributed by atoms with Crippen LogP contribution in [0.2, 0.25) is 0 Å². The smallest absolute Gasteiger partial charge is 0.266 e. The van der Waals surface area contributed by atoms with E-state index in [0.29, 0.717) is 5.75 Å². The summed E-state index contributed by atoms with van der Waals surface area (Å²) < 4.78 is 38.1. The molecule has 2 aromatic rings. The van der Waals surface area contributed by atoms with Crippen LogP contribution in [0.1, 0.15) is 0 Å². The molecule has 0 amide bonds. The predicted octanol–water partition coefficient (Wildman–Crippen LogP) is 2.66. The van der Waals surface area contributed by atoms with E-state index in [-0.39, 0.29) is 16.5 Å². The third-order valence-electron chi connectivity index (χ3n) is 2.63. The van der Waals surface area contributed by atoms with Crippen LogP contribution < -0.4 is 14.2 Å². The lowest BCUT2D eigenvalue weighted by molar-refractivity contribution is 0.386. The lowest BCUT2D eigenvalue weighted by Gasteiger charge is -2.12. The number of methoxy groups -OCH3 is 2. The summed E-state index contributed by atoms with van der Waals surface area (Å²) >= 11 is 3.24. The predicted molar refractivity (Wildman–Crippen MR) is 82.3 cm³/mol. The van der Waals surface area contributed by atoms with E-state index in [9.17, 15) is 8.42 Å². The molecule has 0 fully saturated rings. The fraction of sp³-hybridized carbons (Fsp3) is 0.154. The van der Waals surface area contributed by atoms with E-state index in [1.807, 2.05) is 0 Å². The van der Waals surface area contributed by atoms with E-state index < -0.39 is 10.0 Å². The van der Waals surface area contributed by atoms with Crippen LogP contribution in [-0.2, 0) is 10.0 Å². The van der Waals surface area contributed by atoms with E-state index in [0.717, 1.165) is 4.47 Å².